The zero-order valence-electron chi connectivity index (χ0n) is 18.7. The Hall–Kier alpha value is -3.60. The topological polar surface area (TPSA) is 56.1 Å². The number of carbonyl (C=O) groups excluding carboxylic acids is 1. The molecule has 4 aromatic rings. The number of hydrogen-bond acceptors (Lipinski definition) is 3. The van der Waals surface area contributed by atoms with Crippen LogP contribution in [-0.2, 0) is 19.4 Å². The van der Waals surface area contributed by atoms with Crippen LogP contribution in [0.25, 0.3) is 11.0 Å². The van der Waals surface area contributed by atoms with Gasteiger partial charge in [0.1, 0.15) is 18.2 Å². The number of nitrogens with one attached hydrogen (secondary N) is 1. The SMILES string of the molecule is CCc1ccc(OCCn2c(CCNC(=O)c3cccc(C)c3)nc3ccccc32)cc1. The third kappa shape index (κ3) is 5.17. The van der Waals surface area contributed by atoms with Crippen molar-refractivity contribution in [1.82, 2.24) is 14.9 Å². The van der Waals surface area contributed by atoms with Gasteiger partial charge in [-0.05, 0) is 55.3 Å². The fourth-order valence-corrected chi connectivity index (χ4v) is 3.82. The smallest absolute Gasteiger partial charge is 0.251 e. The Balaban J connectivity index is 1.41. The van der Waals surface area contributed by atoms with Crippen LogP contribution in [0.15, 0.2) is 72.8 Å². The van der Waals surface area contributed by atoms with Gasteiger partial charge in [0, 0.05) is 18.5 Å². The average Bonchev–Trinajstić information content (AvgIpc) is 3.17. The van der Waals surface area contributed by atoms with Crippen LogP contribution in [-0.4, -0.2) is 28.6 Å². The van der Waals surface area contributed by atoms with E-state index in [1.54, 1.807) is 0 Å². The van der Waals surface area contributed by atoms with E-state index in [1.165, 1.54) is 5.56 Å². The summed E-state index contributed by atoms with van der Waals surface area (Å²) < 4.78 is 8.17. The highest BCUT2D eigenvalue weighted by molar-refractivity contribution is 5.94. The molecule has 1 heterocycles. The third-order valence-corrected chi connectivity index (χ3v) is 5.56. The molecule has 0 radical (unpaired) electrons. The highest BCUT2D eigenvalue weighted by Gasteiger charge is 2.12. The number of aromatic nitrogens is 2. The van der Waals surface area contributed by atoms with E-state index in [9.17, 15) is 4.79 Å². The highest BCUT2D eigenvalue weighted by atomic mass is 16.5. The molecule has 0 saturated carbocycles. The number of nitrogens with zero attached hydrogens (tertiary/aromatic N) is 2. The maximum Gasteiger partial charge on any atom is 0.251 e. The Morgan fingerprint density at radius 2 is 1.84 bits per heavy atom. The number of aryl methyl sites for hydroxylation is 2. The lowest BCUT2D eigenvalue weighted by Crippen LogP contribution is -2.26. The highest BCUT2D eigenvalue weighted by Crippen LogP contribution is 2.17. The van der Waals surface area contributed by atoms with Crippen LogP contribution in [0.3, 0.4) is 0 Å². The minimum absolute atomic E-state index is 0.0600. The van der Waals surface area contributed by atoms with Crippen molar-refractivity contribution in [2.24, 2.45) is 0 Å². The number of para-hydroxylation sites is 2. The van der Waals surface area contributed by atoms with Crippen molar-refractivity contribution in [3.8, 4) is 5.75 Å². The number of fused-ring (bicyclic) bond motifs is 1. The molecule has 4 rings (SSSR count). The summed E-state index contributed by atoms with van der Waals surface area (Å²) >= 11 is 0. The molecule has 0 unspecified atom stereocenters. The van der Waals surface area contributed by atoms with Crippen LogP contribution in [0.2, 0.25) is 0 Å². The van der Waals surface area contributed by atoms with E-state index in [4.69, 9.17) is 9.72 Å². The van der Waals surface area contributed by atoms with Crippen LogP contribution in [0.4, 0.5) is 0 Å². The van der Waals surface area contributed by atoms with Crippen LogP contribution in [0.5, 0.6) is 5.75 Å². The lowest BCUT2D eigenvalue weighted by atomic mass is 10.1. The third-order valence-electron chi connectivity index (χ3n) is 5.56. The first-order valence-corrected chi connectivity index (χ1v) is 11.1. The minimum Gasteiger partial charge on any atom is -0.492 e. The van der Waals surface area contributed by atoms with Gasteiger partial charge in [0.2, 0.25) is 0 Å². The second-order valence-corrected chi connectivity index (χ2v) is 7.89. The number of rotatable bonds is 9. The van der Waals surface area contributed by atoms with E-state index in [0.29, 0.717) is 31.7 Å². The lowest BCUT2D eigenvalue weighted by Gasteiger charge is -2.12. The van der Waals surface area contributed by atoms with E-state index in [-0.39, 0.29) is 5.91 Å². The summed E-state index contributed by atoms with van der Waals surface area (Å²) in [6, 6.07) is 24.0. The first-order chi connectivity index (χ1) is 15.6. The van der Waals surface area contributed by atoms with Gasteiger partial charge in [-0.15, -0.1) is 0 Å². The van der Waals surface area contributed by atoms with Crippen molar-refractivity contribution >= 4 is 16.9 Å². The van der Waals surface area contributed by atoms with E-state index < -0.39 is 0 Å². The monoisotopic (exact) mass is 427 g/mol. The Labute approximate surface area is 189 Å². The molecule has 0 bridgehead atoms. The number of benzene rings is 3. The van der Waals surface area contributed by atoms with Crippen LogP contribution >= 0.6 is 0 Å². The summed E-state index contributed by atoms with van der Waals surface area (Å²) in [5.74, 6) is 1.76. The Bertz CT molecular complexity index is 1200. The van der Waals surface area contributed by atoms with Crippen molar-refractivity contribution in [2.75, 3.05) is 13.2 Å². The fraction of sp³-hybridized carbons (Fsp3) is 0.259. The van der Waals surface area contributed by atoms with E-state index >= 15 is 0 Å². The van der Waals surface area contributed by atoms with Gasteiger partial charge >= 0.3 is 0 Å². The number of ether oxygens (including phenoxy) is 1. The van der Waals surface area contributed by atoms with E-state index in [2.05, 4.69) is 35.0 Å². The molecule has 5 nitrogen and oxygen atoms in total. The second-order valence-electron chi connectivity index (χ2n) is 7.89. The van der Waals surface area contributed by atoms with Crippen LogP contribution < -0.4 is 10.1 Å². The lowest BCUT2D eigenvalue weighted by molar-refractivity contribution is 0.0953. The van der Waals surface area contributed by atoms with Gasteiger partial charge in [-0.3, -0.25) is 4.79 Å². The predicted octanol–water partition coefficient (Wildman–Crippen LogP) is 4.96. The maximum atomic E-state index is 12.5. The van der Waals surface area contributed by atoms with E-state index in [1.807, 2.05) is 61.5 Å². The largest absolute Gasteiger partial charge is 0.492 e. The van der Waals surface area contributed by atoms with E-state index in [0.717, 1.165) is 34.6 Å². The van der Waals surface area contributed by atoms with Crippen LogP contribution in [0, 0.1) is 6.92 Å². The van der Waals surface area contributed by atoms with Gasteiger partial charge in [0.05, 0.1) is 17.6 Å². The zero-order valence-corrected chi connectivity index (χ0v) is 18.7. The number of carbonyl (C=O) groups is 1. The summed E-state index contributed by atoms with van der Waals surface area (Å²) in [5.41, 5.74) is 5.09. The first kappa shape index (κ1) is 21.6. The molecule has 1 amide bonds. The van der Waals surface area contributed by atoms with Gasteiger partial charge in [-0.2, -0.15) is 0 Å². The summed E-state index contributed by atoms with van der Waals surface area (Å²) in [5, 5.41) is 3.02. The quantitative estimate of drug-likeness (QED) is 0.411. The molecule has 0 aliphatic heterocycles. The Morgan fingerprint density at radius 1 is 1.03 bits per heavy atom. The minimum atomic E-state index is -0.0600. The second kappa shape index (κ2) is 10.1. The Morgan fingerprint density at radius 3 is 2.62 bits per heavy atom. The molecular weight excluding hydrogens is 398 g/mol. The Kier molecular flexibility index (Phi) is 6.85. The standard InChI is InChI=1S/C27H29N3O2/c1-3-21-11-13-23(14-12-21)32-18-17-30-25-10-5-4-9-24(25)29-26(30)15-16-28-27(31)22-8-6-7-20(2)19-22/h4-14,19H,3,15-18H2,1-2H3,(H,28,31). The van der Waals surface area contributed by atoms with Gasteiger partial charge in [0.25, 0.3) is 5.91 Å². The molecule has 5 heteroatoms. The zero-order chi connectivity index (χ0) is 22.3. The molecule has 3 aromatic carbocycles. The summed E-state index contributed by atoms with van der Waals surface area (Å²) in [6.45, 7) is 5.89. The van der Waals surface area contributed by atoms with Gasteiger partial charge in [0.15, 0.2) is 0 Å². The molecular formula is C27H29N3O2. The number of hydrogen-bond donors (Lipinski definition) is 1. The van der Waals surface area contributed by atoms with Crippen molar-refractivity contribution in [2.45, 2.75) is 33.2 Å². The molecule has 0 saturated heterocycles. The van der Waals surface area contributed by atoms with Gasteiger partial charge < -0.3 is 14.6 Å². The van der Waals surface area contributed by atoms with Crippen molar-refractivity contribution < 1.29 is 9.53 Å². The first-order valence-electron chi connectivity index (χ1n) is 11.1. The van der Waals surface area contributed by atoms with Crippen molar-refractivity contribution in [1.29, 1.82) is 0 Å². The molecule has 164 valence electrons. The van der Waals surface area contributed by atoms with Gasteiger partial charge in [-0.1, -0.05) is 48.9 Å². The molecule has 0 fully saturated rings. The van der Waals surface area contributed by atoms with Crippen molar-refractivity contribution in [3.63, 3.8) is 0 Å². The predicted molar refractivity (Wildman–Crippen MR) is 128 cm³/mol. The molecule has 0 spiro atoms. The molecule has 1 aromatic heterocycles. The number of amides is 1. The summed E-state index contributed by atoms with van der Waals surface area (Å²) in [4.78, 5) is 17.3. The molecule has 32 heavy (non-hydrogen) atoms. The summed E-state index contributed by atoms with van der Waals surface area (Å²) in [7, 11) is 0. The average molecular weight is 428 g/mol. The fourth-order valence-electron chi connectivity index (χ4n) is 3.82. The van der Waals surface area contributed by atoms with Gasteiger partial charge in [-0.25, -0.2) is 4.98 Å². The summed E-state index contributed by atoms with van der Waals surface area (Å²) in [6.07, 6.45) is 1.67. The molecule has 0 aliphatic rings. The normalized spacial score (nSPS) is 10.9. The van der Waals surface area contributed by atoms with Crippen LogP contribution in [0.1, 0.15) is 34.2 Å². The molecule has 0 aliphatic carbocycles. The molecule has 0 atom stereocenters. The maximum absolute atomic E-state index is 12.5. The number of imidazole rings is 1. The molecule has 1 N–H and O–H groups in total. The van der Waals surface area contributed by atoms with Crippen molar-refractivity contribution in [3.05, 3.63) is 95.3 Å².